The summed E-state index contributed by atoms with van der Waals surface area (Å²) in [6.45, 7) is 4.48. The van der Waals surface area contributed by atoms with Gasteiger partial charge < -0.3 is 0 Å². The van der Waals surface area contributed by atoms with Crippen molar-refractivity contribution in [3.8, 4) is 0 Å². The highest BCUT2D eigenvalue weighted by Gasteiger charge is 1.98. The fourth-order valence-electron chi connectivity index (χ4n) is 0.622. The van der Waals surface area contributed by atoms with Crippen LogP contribution in [0, 0.1) is 0 Å². The fraction of sp³-hybridized carbons (Fsp3) is 1.00. The molecular weight excluding hydrogens is 103 g/mol. The molecule has 42 valence electrons. The summed E-state index contributed by atoms with van der Waals surface area (Å²) in [5.74, 6) is 0. The van der Waals surface area contributed by atoms with E-state index in [-0.39, 0.29) is 0 Å². The third-order valence-electron chi connectivity index (χ3n) is 1.24. The first-order chi connectivity index (χ1) is 3.35. The van der Waals surface area contributed by atoms with E-state index in [4.69, 9.17) is 0 Å². The Balaban J connectivity index is 2.99. The molecule has 0 rings (SSSR count). The molecule has 0 spiro atoms. The predicted octanol–water partition coefficient (Wildman–Crippen LogP) is 1.57. The Morgan fingerprint density at radius 1 is 1.71 bits per heavy atom. The molecule has 0 nitrogen and oxygen atoms in total. The highest BCUT2D eigenvalue weighted by molar-refractivity contribution is 8.00. The molecule has 0 bridgehead atoms. The van der Waals surface area contributed by atoms with Gasteiger partial charge in [-0.2, -0.15) is 11.8 Å². The molecule has 0 aliphatic rings. The van der Waals surface area contributed by atoms with Gasteiger partial charge in [-0.1, -0.05) is 20.2 Å². The third kappa shape index (κ3) is 3.04. The van der Waals surface area contributed by atoms with Crippen LogP contribution >= 0.6 is 11.8 Å². The van der Waals surface area contributed by atoms with Gasteiger partial charge in [0.2, 0.25) is 0 Å². The predicted molar refractivity (Wildman–Crippen MR) is 40.6 cm³/mol. The number of thioether (sulfide) groups is 1. The van der Waals surface area contributed by atoms with Crippen LogP contribution in [0.25, 0.3) is 0 Å². The van der Waals surface area contributed by atoms with E-state index in [9.17, 15) is 0 Å². The van der Waals surface area contributed by atoms with Crippen molar-refractivity contribution in [2.45, 2.75) is 25.3 Å². The SMILES string of the molecule is CBC(CC)SC. The smallest absolute Gasteiger partial charge is 0.133 e. The molecule has 0 heterocycles. The lowest BCUT2D eigenvalue weighted by molar-refractivity contribution is 1.04. The van der Waals surface area contributed by atoms with E-state index in [2.05, 4.69) is 20.0 Å². The molecule has 0 radical (unpaired) electrons. The summed E-state index contributed by atoms with van der Waals surface area (Å²) >= 11 is 1.97. The van der Waals surface area contributed by atoms with Crippen LogP contribution in [0.3, 0.4) is 0 Å². The minimum Gasteiger partial charge on any atom is -0.171 e. The normalized spacial score (nSPS) is 13.6. The van der Waals surface area contributed by atoms with Crippen LogP contribution in [-0.2, 0) is 0 Å². The fourth-order valence-corrected chi connectivity index (χ4v) is 1.29. The Morgan fingerprint density at radius 2 is 2.29 bits per heavy atom. The Bertz CT molecular complexity index is 29.6. The second-order valence-electron chi connectivity index (χ2n) is 1.67. The summed E-state index contributed by atoms with van der Waals surface area (Å²) in [6.07, 6.45) is 3.50. The van der Waals surface area contributed by atoms with Crippen LogP contribution in [0.15, 0.2) is 0 Å². The molecule has 0 fully saturated rings. The van der Waals surface area contributed by atoms with E-state index in [1.54, 1.807) is 0 Å². The van der Waals surface area contributed by atoms with E-state index >= 15 is 0 Å². The number of hydrogen-bond acceptors (Lipinski definition) is 1. The molecule has 1 atom stereocenters. The molecule has 0 N–H and O–H groups in total. The van der Waals surface area contributed by atoms with Crippen molar-refractivity contribution in [1.29, 1.82) is 0 Å². The zero-order valence-electron chi connectivity index (χ0n) is 5.40. The largest absolute Gasteiger partial charge is 0.171 e. The maximum Gasteiger partial charge on any atom is 0.133 e. The van der Waals surface area contributed by atoms with Crippen LogP contribution in [-0.4, -0.2) is 18.7 Å². The highest BCUT2D eigenvalue weighted by Crippen LogP contribution is 2.07. The van der Waals surface area contributed by atoms with Crippen molar-refractivity contribution in [3.05, 3.63) is 0 Å². The van der Waals surface area contributed by atoms with Gasteiger partial charge in [-0.25, -0.2) is 0 Å². The van der Waals surface area contributed by atoms with E-state index in [0.717, 1.165) is 5.15 Å². The average molecular weight is 116 g/mol. The van der Waals surface area contributed by atoms with Crippen molar-refractivity contribution in [2.24, 2.45) is 0 Å². The molecule has 0 saturated heterocycles. The molecular formula is C5H13BS. The van der Waals surface area contributed by atoms with Crippen molar-refractivity contribution in [2.75, 3.05) is 6.26 Å². The van der Waals surface area contributed by atoms with Crippen LogP contribution in [0.5, 0.6) is 0 Å². The zero-order valence-corrected chi connectivity index (χ0v) is 6.22. The molecule has 0 saturated carbocycles. The molecule has 0 aliphatic carbocycles. The molecule has 0 aromatic rings. The second kappa shape index (κ2) is 4.57. The van der Waals surface area contributed by atoms with E-state index in [1.165, 1.54) is 13.7 Å². The minimum atomic E-state index is 0.903. The molecule has 1 unspecified atom stereocenters. The van der Waals surface area contributed by atoms with Crippen molar-refractivity contribution in [1.82, 2.24) is 0 Å². The topological polar surface area (TPSA) is 0 Å². The highest BCUT2D eigenvalue weighted by atomic mass is 32.2. The summed E-state index contributed by atoms with van der Waals surface area (Å²) in [5, 5.41) is 0.903. The summed E-state index contributed by atoms with van der Waals surface area (Å²) < 4.78 is 0. The Labute approximate surface area is 51.3 Å². The van der Waals surface area contributed by atoms with Crippen LogP contribution in [0.1, 0.15) is 13.3 Å². The van der Waals surface area contributed by atoms with Gasteiger partial charge >= 0.3 is 0 Å². The van der Waals surface area contributed by atoms with Crippen LogP contribution in [0.2, 0.25) is 6.82 Å². The summed E-state index contributed by atoms with van der Waals surface area (Å²) in [6, 6.07) is 0. The van der Waals surface area contributed by atoms with Crippen LogP contribution in [0.4, 0.5) is 0 Å². The quantitative estimate of drug-likeness (QED) is 0.504. The minimum absolute atomic E-state index is 0.903. The summed E-state index contributed by atoms with van der Waals surface area (Å²) in [4.78, 5) is 0. The Hall–Kier alpha value is 0.415. The maximum absolute atomic E-state index is 2.24. The first-order valence-corrected chi connectivity index (χ1v) is 4.16. The molecule has 2 heteroatoms. The third-order valence-corrected chi connectivity index (χ3v) is 2.58. The van der Waals surface area contributed by atoms with Crippen molar-refractivity contribution in [3.63, 3.8) is 0 Å². The first kappa shape index (κ1) is 7.41. The molecule has 0 aromatic carbocycles. The average Bonchev–Trinajstić information content (AvgIpc) is 1.72. The van der Waals surface area contributed by atoms with E-state index < -0.39 is 0 Å². The zero-order chi connectivity index (χ0) is 5.70. The van der Waals surface area contributed by atoms with Gasteiger partial charge in [0, 0.05) is 0 Å². The Kier molecular flexibility index (Phi) is 4.84. The van der Waals surface area contributed by atoms with Gasteiger partial charge in [-0.05, 0) is 11.4 Å². The van der Waals surface area contributed by atoms with Gasteiger partial charge in [0.05, 0.1) is 0 Å². The molecule has 0 aliphatic heterocycles. The standard InChI is InChI=1S/C5H13BS/c1-4-5(6-2)7-3/h5-6H,4H2,1-3H3. The second-order valence-corrected chi connectivity index (χ2v) is 2.81. The van der Waals surface area contributed by atoms with Crippen molar-refractivity contribution < 1.29 is 0 Å². The lowest BCUT2D eigenvalue weighted by Crippen LogP contribution is -2.05. The monoisotopic (exact) mass is 116 g/mol. The van der Waals surface area contributed by atoms with Crippen LogP contribution < -0.4 is 0 Å². The lowest BCUT2D eigenvalue weighted by Gasteiger charge is -2.03. The van der Waals surface area contributed by atoms with Gasteiger partial charge in [-0.15, -0.1) is 0 Å². The summed E-state index contributed by atoms with van der Waals surface area (Å²) in [5.41, 5.74) is 0. The molecule has 0 amide bonds. The van der Waals surface area contributed by atoms with Gasteiger partial charge in [-0.3, -0.25) is 0 Å². The number of hydrogen-bond donors (Lipinski definition) is 0. The van der Waals surface area contributed by atoms with Gasteiger partial charge in [0.25, 0.3) is 0 Å². The Morgan fingerprint density at radius 3 is 2.29 bits per heavy atom. The van der Waals surface area contributed by atoms with E-state index in [0.29, 0.717) is 0 Å². The molecule has 7 heavy (non-hydrogen) atoms. The number of rotatable bonds is 3. The van der Waals surface area contributed by atoms with Gasteiger partial charge in [0.1, 0.15) is 7.28 Å². The lowest BCUT2D eigenvalue weighted by atomic mass is 9.76. The first-order valence-electron chi connectivity index (χ1n) is 2.87. The molecule has 0 aromatic heterocycles. The maximum atomic E-state index is 2.24. The summed E-state index contributed by atoms with van der Waals surface area (Å²) in [7, 11) is 1.32. The van der Waals surface area contributed by atoms with Crippen molar-refractivity contribution >= 4 is 19.0 Å². The van der Waals surface area contributed by atoms with Gasteiger partial charge in [0.15, 0.2) is 0 Å². The van der Waals surface area contributed by atoms with E-state index in [1.807, 2.05) is 11.8 Å².